The minimum atomic E-state index is -3.74. The zero-order valence-electron chi connectivity index (χ0n) is 16.6. The molecule has 1 aliphatic rings. The van der Waals surface area contributed by atoms with Gasteiger partial charge in [0, 0.05) is 31.9 Å². The fourth-order valence-corrected chi connectivity index (χ4v) is 4.23. The van der Waals surface area contributed by atoms with Crippen LogP contribution in [0.5, 0.6) is 0 Å². The zero-order valence-corrected chi connectivity index (χ0v) is 17.4. The van der Waals surface area contributed by atoms with E-state index in [2.05, 4.69) is 20.2 Å². The summed E-state index contributed by atoms with van der Waals surface area (Å²) in [5.41, 5.74) is 1.82. The van der Waals surface area contributed by atoms with Crippen LogP contribution in [-0.4, -0.2) is 40.4 Å². The van der Waals surface area contributed by atoms with Crippen LogP contribution in [0.25, 0.3) is 0 Å². The fourth-order valence-electron chi connectivity index (χ4n) is 3.20. The Morgan fingerprint density at radius 3 is 2.67 bits per heavy atom. The molecule has 1 aromatic carbocycles. The highest BCUT2D eigenvalue weighted by Gasteiger charge is 2.26. The van der Waals surface area contributed by atoms with Crippen molar-refractivity contribution in [2.45, 2.75) is 36.2 Å². The molecule has 4 rings (SSSR count). The number of rotatable bonds is 9. The van der Waals surface area contributed by atoms with E-state index in [1.165, 1.54) is 17.1 Å². The highest BCUT2D eigenvalue weighted by atomic mass is 32.2. The first-order valence-electron chi connectivity index (χ1n) is 9.77. The van der Waals surface area contributed by atoms with E-state index in [0.717, 1.165) is 24.1 Å². The van der Waals surface area contributed by atoms with Gasteiger partial charge in [0.2, 0.25) is 15.9 Å². The number of nitrogens with one attached hydrogen (secondary N) is 2. The van der Waals surface area contributed by atoms with Crippen molar-refractivity contribution in [3.8, 4) is 0 Å². The van der Waals surface area contributed by atoms with Crippen LogP contribution in [0.3, 0.4) is 0 Å². The van der Waals surface area contributed by atoms with Crippen LogP contribution < -0.4 is 10.0 Å². The van der Waals surface area contributed by atoms with E-state index in [9.17, 15) is 13.2 Å². The molecule has 30 heavy (non-hydrogen) atoms. The number of hydrogen-bond donors (Lipinski definition) is 2. The Kier molecular flexibility index (Phi) is 5.69. The van der Waals surface area contributed by atoms with Crippen molar-refractivity contribution in [3.05, 3.63) is 66.2 Å². The predicted octanol–water partition coefficient (Wildman–Crippen LogP) is 1.33. The minimum absolute atomic E-state index is 0.0133. The molecule has 0 aliphatic heterocycles. The van der Waals surface area contributed by atoms with E-state index < -0.39 is 16.1 Å². The third-order valence-electron chi connectivity index (χ3n) is 4.97. The monoisotopic (exact) mass is 428 g/mol. The van der Waals surface area contributed by atoms with E-state index in [1.54, 1.807) is 17.9 Å². The molecular formula is C20H24N6O3S. The first-order valence-corrected chi connectivity index (χ1v) is 11.2. The van der Waals surface area contributed by atoms with Crippen molar-refractivity contribution in [2.24, 2.45) is 7.05 Å². The van der Waals surface area contributed by atoms with Gasteiger partial charge < -0.3 is 5.32 Å². The molecular weight excluding hydrogens is 404 g/mol. The molecule has 1 fully saturated rings. The molecule has 1 aliphatic carbocycles. The molecule has 10 heteroatoms. The van der Waals surface area contributed by atoms with Gasteiger partial charge >= 0.3 is 0 Å². The van der Waals surface area contributed by atoms with Crippen LogP contribution in [0.2, 0.25) is 0 Å². The number of aryl methyl sites for hydroxylation is 1. The maximum atomic E-state index is 12.6. The molecule has 1 unspecified atom stereocenters. The average Bonchev–Trinajstić information content (AvgIpc) is 3.31. The summed E-state index contributed by atoms with van der Waals surface area (Å²) in [7, 11) is -2.09. The summed E-state index contributed by atoms with van der Waals surface area (Å²) in [5.74, 6) is 0.281. The molecule has 2 aromatic heterocycles. The number of benzene rings is 1. The van der Waals surface area contributed by atoms with Gasteiger partial charge in [-0.15, -0.1) is 0 Å². The normalized spacial score (nSPS) is 15.1. The van der Waals surface area contributed by atoms with Gasteiger partial charge in [0.25, 0.3) is 0 Å². The fraction of sp³-hybridized carbons (Fsp3) is 0.350. The van der Waals surface area contributed by atoms with E-state index in [0.29, 0.717) is 5.92 Å². The second-order valence-corrected chi connectivity index (χ2v) is 9.21. The Labute approximate surface area is 175 Å². The van der Waals surface area contributed by atoms with Crippen LogP contribution in [0.1, 0.15) is 36.1 Å². The Morgan fingerprint density at radius 2 is 2.00 bits per heavy atom. The van der Waals surface area contributed by atoms with Crippen LogP contribution in [0.4, 0.5) is 0 Å². The van der Waals surface area contributed by atoms with Gasteiger partial charge in [0.05, 0.1) is 17.9 Å². The summed E-state index contributed by atoms with van der Waals surface area (Å²) < 4.78 is 30.7. The van der Waals surface area contributed by atoms with Crippen LogP contribution in [0, 0.1) is 0 Å². The van der Waals surface area contributed by atoms with E-state index >= 15 is 0 Å². The lowest BCUT2D eigenvalue weighted by Gasteiger charge is -2.20. The average molecular weight is 429 g/mol. The molecule has 0 saturated heterocycles. The molecule has 9 nitrogen and oxygen atoms in total. The second kappa shape index (κ2) is 8.41. The highest BCUT2D eigenvalue weighted by Crippen LogP contribution is 2.38. The number of amides is 1. The Bertz CT molecular complexity index is 1120. The Morgan fingerprint density at radius 1 is 1.23 bits per heavy atom. The lowest BCUT2D eigenvalue weighted by Crippen LogP contribution is -2.39. The predicted molar refractivity (Wildman–Crippen MR) is 110 cm³/mol. The standard InChI is InChI=1S/C20H24N6O3S/c1-25-13-17(11-21-25)30(28,29)22-12-19(15-5-3-2-4-6-15)23-20(27)14-26-10-9-18(24-26)16-7-8-16/h2-6,9-11,13,16,19,22H,7-8,12,14H2,1H3,(H,23,27). The summed E-state index contributed by atoms with van der Waals surface area (Å²) in [5, 5.41) is 11.3. The highest BCUT2D eigenvalue weighted by molar-refractivity contribution is 7.89. The van der Waals surface area contributed by atoms with Gasteiger partial charge in [-0.2, -0.15) is 10.2 Å². The Hall–Kier alpha value is -2.98. The SMILES string of the molecule is Cn1cc(S(=O)(=O)NCC(NC(=O)Cn2ccc(C3CC3)n2)c2ccccc2)cn1. The van der Waals surface area contributed by atoms with Crippen molar-refractivity contribution in [1.29, 1.82) is 0 Å². The molecule has 2 N–H and O–H groups in total. The maximum Gasteiger partial charge on any atom is 0.243 e. The lowest BCUT2D eigenvalue weighted by molar-refractivity contribution is -0.122. The van der Waals surface area contributed by atoms with Crippen molar-refractivity contribution in [1.82, 2.24) is 29.6 Å². The summed E-state index contributed by atoms with van der Waals surface area (Å²) in [4.78, 5) is 12.7. The number of hydrogen-bond acceptors (Lipinski definition) is 5. The second-order valence-electron chi connectivity index (χ2n) is 7.44. The van der Waals surface area contributed by atoms with Gasteiger partial charge in [-0.3, -0.25) is 14.2 Å². The van der Waals surface area contributed by atoms with E-state index in [4.69, 9.17) is 0 Å². The van der Waals surface area contributed by atoms with E-state index in [1.807, 2.05) is 36.4 Å². The first-order chi connectivity index (χ1) is 14.4. The van der Waals surface area contributed by atoms with Crippen LogP contribution >= 0.6 is 0 Å². The number of nitrogens with zero attached hydrogens (tertiary/aromatic N) is 4. The third-order valence-corrected chi connectivity index (χ3v) is 6.35. The molecule has 2 heterocycles. The number of sulfonamides is 1. The number of aromatic nitrogens is 4. The van der Waals surface area contributed by atoms with Crippen molar-refractivity contribution in [2.75, 3.05) is 6.54 Å². The van der Waals surface area contributed by atoms with Gasteiger partial charge in [0.15, 0.2) is 0 Å². The third kappa shape index (κ3) is 4.95. The molecule has 0 bridgehead atoms. The summed E-state index contributed by atoms with van der Waals surface area (Å²) in [6.45, 7) is 0.0881. The Balaban J connectivity index is 1.43. The van der Waals surface area contributed by atoms with Gasteiger partial charge in [-0.05, 0) is 24.5 Å². The molecule has 0 spiro atoms. The lowest BCUT2D eigenvalue weighted by atomic mass is 10.1. The zero-order chi connectivity index (χ0) is 21.1. The smallest absolute Gasteiger partial charge is 0.243 e. The molecule has 1 atom stereocenters. The topological polar surface area (TPSA) is 111 Å². The minimum Gasteiger partial charge on any atom is -0.346 e. The maximum absolute atomic E-state index is 12.6. The number of carbonyl (C=O) groups is 1. The van der Waals surface area contributed by atoms with E-state index in [-0.39, 0.29) is 23.9 Å². The van der Waals surface area contributed by atoms with Crippen molar-refractivity contribution < 1.29 is 13.2 Å². The largest absolute Gasteiger partial charge is 0.346 e. The molecule has 3 aromatic rings. The van der Waals surface area contributed by atoms with Crippen molar-refractivity contribution in [3.63, 3.8) is 0 Å². The summed E-state index contributed by atoms with van der Waals surface area (Å²) >= 11 is 0. The van der Waals surface area contributed by atoms with Crippen LogP contribution in [-0.2, 0) is 28.4 Å². The summed E-state index contributed by atoms with van der Waals surface area (Å²) in [6, 6.07) is 10.7. The van der Waals surface area contributed by atoms with Gasteiger partial charge in [-0.25, -0.2) is 13.1 Å². The molecule has 1 amide bonds. The quantitative estimate of drug-likeness (QED) is 0.534. The summed E-state index contributed by atoms with van der Waals surface area (Å²) in [6.07, 6.45) is 6.81. The number of carbonyl (C=O) groups excluding carboxylic acids is 1. The molecule has 158 valence electrons. The molecule has 1 saturated carbocycles. The first kappa shape index (κ1) is 20.3. The van der Waals surface area contributed by atoms with Crippen molar-refractivity contribution >= 4 is 15.9 Å². The van der Waals surface area contributed by atoms with Gasteiger partial charge in [-0.1, -0.05) is 30.3 Å². The molecule has 0 radical (unpaired) electrons. The van der Waals surface area contributed by atoms with Gasteiger partial charge in [0.1, 0.15) is 11.4 Å². The van der Waals surface area contributed by atoms with Crippen LogP contribution in [0.15, 0.2) is 59.9 Å².